The van der Waals surface area contributed by atoms with Crippen LogP contribution < -0.4 is 10.1 Å². The Kier molecular flexibility index (Phi) is 7.57. The highest BCUT2D eigenvalue weighted by molar-refractivity contribution is 6.74. The van der Waals surface area contributed by atoms with Gasteiger partial charge < -0.3 is 19.2 Å². The largest absolute Gasteiger partial charge is 0.491 e. The van der Waals surface area contributed by atoms with Crippen LogP contribution in [0.2, 0.25) is 18.1 Å². The topological polar surface area (TPSA) is 56.8 Å². The summed E-state index contributed by atoms with van der Waals surface area (Å²) in [7, 11) is -1.87. The second-order valence-corrected chi connectivity index (χ2v) is 16.6. The van der Waals surface area contributed by atoms with E-state index in [4.69, 9.17) is 13.9 Å². The van der Waals surface area contributed by atoms with Crippen molar-refractivity contribution >= 4 is 20.5 Å². The molecule has 0 heterocycles. The van der Waals surface area contributed by atoms with E-state index in [1.807, 2.05) is 46.8 Å². The number of alkyl carbamates (subject to hydrolysis) is 1. The fraction of sp³-hybridized carbons (Fsp3) is 0.640. The molecule has 7 heteroatoms. The predicted molar refractivity (Wildman–Crippen MR) is 130 cm³/mol. The lowest BCUT2D eigenvalue weighted by Crippen LogP contribution is -2.49. The Morgan fingerprint density at radius 1 is 1.09 bits per heavy atom. The monoisotopic (exact) mass is 465 g/mol. The van der Waals surface area contributed by atoms with Gasteiger partial charge >= 0.3 is 6.09 Å². The maximum absolute atomic E-state index is 14.8. The smallest absolute Gasteiger partial charge is 0.408 e. The van der Waals surface area contributed by atoms with Crippen LogP contribution in [0.25, 0.3) is 6.08 Å². The van der Waals surface area contributed by atoms with E-state index in [1.54, 1.807) is 0 Å². The zero-order valence-corrected chi connectivity index (χ0v) is 22.4. The summed E-state index contributed by atoms with van der Waals surface area (Å²) in [5, 5.41) is 2.93. The molecule has 0 bridgehead atoms. The molecule has 0 unspecified atom stereocenters. The first-order chi connectivity index (χ1) is 14.4. The molecule has 32 heavy (non-hydrogen) atoms. The number of nitrogens with one attached hydrogen (secondary N) is 1. The molecule has 5 nitrogen and oxygen atoms in total. The molecule has 1 amide bonds. The van der Waals surface area contributed by atoms with E-state index >= 15 is 0 Å². The lowest BCUT2D eigenvalue weighted by Gasteiger charge is -2.36. The van der Waals surface area contributed by atoms with Crippen molar-refractivity contribution in [1.29, 1.82) is 0 Å². The fourth-order valence-electron chi connectivity index (χ4n) is 2.99. The van der Waals surface area contributed by atoms with Gasteiger partial charge in [0.2, 0.25) is 0 Å². The van der Waals surface area contributed by atoms with Gasteiger partial charge in [-0.2, -0.15) is 0 Å². The first kappa shape index (κ1) is 26.4. The number of halogens is 1. The second kappa shape index (κ2) is 9.18. The number of rotatable bonds is 7. The summed E-state index contributed by atoms with van der Waals surface area (Å²) in [5.74, 6) is 0.150. The third-order valence-corrected chi connectivity index (χ3v) is 10.3. The zero-order chi connectivity index (χ0) is 24.5. The average Bonchev–Trinajstić information content (AvgIpc) is 2.99. The maximum Gasteiger partial charge on any atom is 0.408 e. The molecule has 1 aliphatic rings. The Balaban J connectivity index is 2.02. The Morgan fingerprint density at radius 3 is 2.28 bits per heavy atom. The number of hydrogen-bond donors (Lipinski definition) is 1. The number of amides is 1. The van der Waals surface area contributed by atoms with Crippen molar-refractivity contribution in [3.8, 4) is 5.75 Å². The highest BCUT2D eigenvalue weighted by Crippen LogP contribution is 2.38. The first-order valence-electron chi connectivity index (χ1n) is 11.2. The number of carbonyl (C=O) groups is 1. The van der Waals surface area contributed by atoms with Gasteiger partial charge in [0.05, 0.1) is 12.1 Å². The van der Waals surface area contributed by atoms with E-state index in [-0.39, 0.29) is 17.5 Å². The van der Waals surface area contributed by atoms with E-state index in [1.165, 1.54) is 6.07 Å². The van der Waals surface area contributed by atoms with Crippen molar-refractivity contribution in [2.45, 2.75) is 91.1 Å². The Bertz CT molecular complexity index is 879. The number of fused-ring (bicyclic) bond motifs is 1. The van der Waals surface area contributed by atoms with Gasteiger partial charge in [-0.3, -0.25) is 0 Å². The lowest BCUT2D eigenvalue weighted by atomic mass is 10.1. The van der Waals surface area contributed by atoms with Crippen LogP contribution in [0.5, 0.6) is 5.75 Å². The van der Waals surface area contributed by atoms with E-state index in [2.05, 4.69) is 39.2 Å². The van der Waals surface area contributed by atoms with E-state index in [9.17, 15) is 9.18 Å². The van der Waals surface area contributed by atoms with Crippen LogP contribution in [-0.2, 0) is 15.6 Å². The molecular weight excluding hydrogens is 425 g/mol. The second-order valence-electron chi connectivity index (χ2n) is 11.8. The van der Waals surface area contributed by atoms with E-state index in [0.29, 0.717) is 24.3 Å². The van der Waals surface area contributed by atoms with Crippen molar-refractivity contribution < 1.29 is 23.1 Å². The van der Waals surface area contributed by atoms with Crippen LogP contribution >= 0.6 is 0 Å². The van der Waals surface area contributed by atoms with Gasteiger partial charge in [0.1, 0.15) is 23.8 Å². The molecule has 1 N–H and O–H groups in total. The minimum atomic E-state index is -1.87. The van der Waals surface area contributed by atoms with Gasteiger partial charge in [0.25, 0.3) is 0 Å². The molecule has 0 aromatic heterocycles. The van der Waals surface area contributed by atoms with Gasteiger partial charge in [-0.05, 0) is 81.9 Å². The molecule has 1 aromatic carbocycles. The van der Waals surface area contributed by atoms with Crippen LogP contribution in [-0.4, -0.2) is 38.8 Å². The zero-order valence-electron chi connectivity index (χ0n) is 21.4. The predicted octanol–water partition coefficient (Wildman–Crippen LogP) is 6.47. The summed E-state index contributed by atoms with van der Waals surface area (Å²) in [6.45, 7) is 20.8. The number of benzene rings is 1. The minimum absolute atomic E-state index is 0.130. The van der Waals surface area contributed by atoms with Gasteiger partial charge in [-0.15, -0.1) is 0 Å². The molecule has 1 aliphatic carbocycles. The van der Waals surface area contributed by atoms with Gasteiger partial charge in [-0.25, -0.2) is 9.18 Å². The third-order valence-electron chi connectivity index (χ3n) is 5.83. The van der Waals surface area contributed by atoms with Gasteiger partial charge in [-0.1, -0.05) is 26.8 Å². The first-order valence-corrected chi connectivity index (χ1v) is 14.1. The number of hydrogen-bond acceptors (Lipinski definition) is 4. The number of carbonyl (C=O) groups excluding carboxylic acids is 1. The van der Waals surface area contributed by atoms with Crippen LogP contribution in [0.4, 0.5) is 9.18 Å². The van der Waals surface area contributed by atoms with Crippen molar-refractivity contribution in [1.82, 2.24) is 5.32 Å². The van der Waals surface area contributed by atoms with Crippen molar-refractivity contribution in [3.63, 3.8) is 0 Å². The number of ether oxygens (including phenoxy) is 2. The summed E-state index contributed by atoms with van der Waals surface area (Å²) in [6.07, 6.45) is 2.05. The Hall–Kier alpha value is -1.86. The molecule has 180 valence electrons. The molecule has 1 aromatic rings. The quantitative estimate of drug-likeness (QED) is 0.469. The highest BCUT2D eigenvalue weighted by atomic mass is 28.4. The highest BCUT2D eigenvalue weighted by Gasteiger charge is 2.37. The van der Waals surface area contributed by atoms with Crippen molar-refractivity contribution in [2.24, 2.45) is 0 Å². The normalized spacial score (nSPS) is 14.7. The molecule has 0 fully saturated rings. The van der Waals surface area contributed by atoms with E-state index in [0.717, 1.165) is 11.1 Å². The molecule has 0 spiro atoms. The van der Waals surface area contributed by atoms with Crippen LogP contribution in [0.3, 0.4) is 0 Å². The molecular formula is C25H40FNO4Si. The van der Waals surface area contributed by atoms with Crippen LogP contribution in [0, 0.1) is 5.82 Å². The SMILES string of the molecule is CC(C)(COc1cc(F)c2c(c1)C=C(CO[Si](C)(C)C(C)(C)C)C2)NC(=O)OC(C)(C)C. The van der Waals surface area contributed by atoms with Gasteiger partial charge in [0.15, 0.2) is 8.32 Å². The summed E-state index contributed by atoms with van der Waals surface area (Å²) in [6, 6.07) is 3.26. The van der Waals surface area contributed by atoms with E-state index < -0.39 is 25.6 Å². The standard InChI is InChI=1S/C25H40FNO4Si/c1-23(2,3)31-22(28)27-25(7,8)16-29-19-13-18-11-17(12-20(18)21(26)14-19)15-30-32(9,10)24(4,5)6/h11,13-14H,12,15-16H2,1-10H3,(H,27,28). The third kappa shape index (κ3) is 7.34. The van der Waals surface area contributed by atoms with Crippen LogP contribution in [0.15, 0.2) is 17.7 Å². The van der Waals surface area contributed by atoms with Crippen molar-refractivity contribution in [2.75, 3.05) is 13.2 Å². The fourth-order valence-corrected chi connectivity index (χ4v) is 3.97. The molecule has 0 saturated carbocycles. The summed E-state index contributed by atoms with van der Waals surface area (Å²) in [4.78, 5) is 12.1. The molecule has 0 radical (unpaired) electrons. The summed E-state index contributed by atoms with van der Waals surface area (Å²) >= 11 is 0. The summed E-state index contributed by atoms with van der Waals surface area (Å²) < 4.78 is 32.2. The van der Waals surface area contributed by atoms with Crippen LogP contribution in [0.1, 0.15) is 66.5 Å². The molecule has 0 saturated heterocycles. The molecule has 0 atom stereocenters. The maximum atomic E-state index is 14.8. The minimum Gasteiger partial charge on any atom is -0.491 e. The molecule has 0 aliphatic heterocycles. The average molecular weight is 466 g/mol. The molecule has 2 rings (SSSR count). The summed E-state index contributed by atoms with van der Waals surface area (Å²) in [5.41, 5.74) is 1.31. The van der Waals surface area contributed by atoms with Gasteiger partial charge in [0, 0.05) is 6.07 Å². The Labute approximate surface area is 193 Å². The Morgan fingerprint density at radius 2 is 1.72 bits per heavy atom. The lowest BCUT2D eigenvalue weighted by molar-refractivity contribution is 0.0441. The van der Waals surface area contributed by atoms with Crippen molar-refractivity contribution in [3.05, 3.63) is 34.6 Å².